The van der Waals surface area contributed by atoms with Crippen LogP contribution >= 0.6 is 0 Å². The molecule has 1 saturated carbocycles. The van der Waals surface area contributed by atoms with Gasteiger partial charge in [-0.15, -0.1) is 0 Å². The molecule has 2 aromatic rings. The Balaban J connectivity index is 1.22. The Hall–Kier alpha value is -4.08. The average Bonchev–Trinajstić information content (AvgIpc) is 3.58. The number of hydrogen-bond donors (Lipinski definition) is 4. The van der Waals surface area contributed by atoms with Crippen molar-refractivity contribution in [1.29, 1.82) is 0 Å². The van der Waals surface area contributed by atoms with E-state index in [-0.39, 0.29) is 41.9 Å². The van der Waals surface area contributed by atoms with Crippen molar-refractivity contribution < 1.29 is 13.6 Å². The first-order chi connectivity index (χ1) is 17.0. The maximum absolute atomic E-state index is 13.6. The molecule has 178 valence electrons. The molecule has 0 radical (unpaired) electrons. The van der Waals surface area contributed by atoms with Crippen LogP contribution in [0.15, 0.2) is 69.6 Å². The second kappa shape index (κ2) is 8.30. The fourth-order valence-corrected chi connectivity index (χ4v) is 5.31. The van der Waals surface area contributed by atoms with Crippen LogP contribution in [0.3, 0.4) is 0 Å². The van der Waals surface area contributed by atoms with Gasteiger partial charge in [0.15, 0.2) is 17.8 Å². The van der Waals surface area contributed by atoms with Crippen LogP contribution in [0.25, 0.3) is 11.1 Å². The number of guanidine groups is 1. The van der Waals surface area contributed by atoms with Crippen molar-refractivity contribution in [2.75, 3.05) is 5.32 Å². The molecule has 10 heteroatoms. The van der Waals surface area contributed by atoms with E-state index >= 15 is 0 Å². The third-order valence-corrected chi connectivity index (χ3v) is 7.02. The number of hydrogen-bond acceptors (Lipinski definition) is 6. The Morgan fingerprint density at radius 2 is 1.83 bits per heavy atom. The number of carbonyl (C=O) groups excluding carboxylic acids is 1. The van der Waals surface area contributed by atoms with Crippen LogP contribution in [0.4, 0.5) is 14.5 Å². The summed E-state index contributed by atoms with van der Waals surface area (Å²) in [6, 6.07) is 10.6. The van der Waals surface area contributed by atoms with Crippen LogP contribution in [0.2, 0.25) is 0 Å². The van der Waals surface area contributed by atoms with Gasteiger partial charge in [0.1, 0.15) is 11.9 Å². The molecule has 0 spiro atoms. The number of anilines is 1. The first-order valence-electron chi connectivity index (χ1n) is 11.5. The van der Waals surface area contributed by atoms with Crippen molar-refractivity contribution in [3.63, 3.8) is 0 Å². The van der Waals surface area contributed by atoms with Gasteiger partial charge in [0, 0.05) is 11.6 Å². The number of amidine groups is 1. The third-order valence-electron chi connectivity index (χ3n) is 7.02. The summed E-state index contributed by atoms with van der Waals surface area (Å²) in [7, 11) is 0. The van der Waals surface area contributed by atoms with E-state index in [0.717, 1.165) is 23.7 Å². The van der Waals surface area contributed by atoms with Crippen LogP contribution in [0, 0.1) is 29.4 Å². The second-order valence-electron chi connectivity index (χ2n) is 9.15. The minimum absolute atomic E-state index is 0.137. The Morgan fingerprint density at radius 1 is 1.06 bits per heavy atom. The molecule has 2 aliphatic heterocycles. The van der Waals surface area contributed by atoms with Gasteiger partial charge in [0.25, 0.3) is 0 Å². The first kappa shape index (κ1) is 21.5. The molecule has 2 bridgehead atoms. The molecular formula is C25H23F2N7O. The summed E-state index contributed by atoms with van der Waals surface area (Å²) >= 11 is 0. The van der Waals surface area contributed by atoms with E-state index in [1.807, 2.05) is 24.3 Å². The van der Waals surface area contributed by atoms with E-state index in [0.29, 0.717) is 17.4 Å². The number of nitrogens with zero attached hydrogens (tertiary/aromatic N) is 3. The molecule has 0 aromatic heterocycles. The third kappa shape index (κ3) is 3.84. The lowest BCUT2D eigenvalue weighted by Crippen LogP contribution is -2.55. The number of primary amides is 1. The Bertz CT molecular complexity index is 1300. The lowest BCUT2D eigenvalue weighted by Gasteiger charge is -2.29. The summed E-state index contributed by atoms with van der Waals surface area (Å²) in [6.07, 6.45) is 6.31. The van der Waals surface area contributed by atoms with Gasteiger partial charge in [-0.25, -0.2) is 18.8 Å². The lowest BCUT2D eigenvalue weighted by atomic mass is 9.88. The van der Waals surface area contributed by atoms with Crippen LogP contribution in [0.5, 0.6) is 0 Å². The van der Waals surface area contributed by atoms with E-state index < -0.39 is 11.6 Å². The van der Waals surface area contributed by atoms with E-state index in [1.165, 1.54) is 12.1 Å². The summed E-state index contributed by atoms with van der Waals surface area (Å²) in [5, 5.41) is 9.67. The minimum Gasteiger partial charge on any atom is -0.369 e. The number of allylic oxidation sites excluding steroid dienone is 1. The highest BCUT2D eigenvalue weighted by Crippen LogP contribution is 2.45. The molecule has 2 heterocycles. The van der Waals surface area contributed by atoms with Gasteiger partial charge in [0.05, 0.1) is 18.3 Å². The van der Waals surface area contributed by atoms with E-state index in [9.17, 15) is 13.6 Å². The normalized spacial score (nSPS) is 31.1. The number of aliphatic imine (C=N–C) groups is 3. The van der Waals surface area contributed by atoms with Gasteiger partial charge in [-0.2, -0.15) is 0 Å². The SMILES string of the molecule is NC(=O)C1C2C=CC(C2)C1N=C1NC(Nc2ccc(-c3ccc(F)c(F)c3)cc2)=NC2N=CNC12. The van der Waals surface area contributed by atoms with Crippen molar-refractivity contribution in [3.8, 4) is 11.1 Å². The van der Waals surface area contributed by atoms with Gasteiger partial charge in [0.2, 0.25) is 11.9 Å². The number of carbonyl (C=O) groups is 1. The molecule has 6 unspecified atom stereocenters. The zero-order valence-electron chi connectivity index (χ0n) is 18.5. The van der Waals surface area contributed by atoms with Gasteiger partial charge in [-0.05, 0) is 47.7 Å². The van der Waals surface area contributed by atoms with Crippen molar-refractivity contribution in [1.82, 2.24) is 10.6 Å². The summed E-state index contributed by atoms with van der Waals surface area (Å²) in [5.74, 6) is -0.961. The molecule has 1 amide bonds. The highest BCUT2D eigenvalue weighted by Gasteiger charge is 2.48. The van der Waals surface area contributed by atoms with E-state index in [1.54, 1.807) is 6.34 Å². The van der Waals surface area contributed by atoms with Crippen LogP contribution in [0.1, 0.15) is 6.42 Å². The molecular weight excluding hydrogens is 452 g/mol. The van der Waals surface area contributed by atoms with Crippen LogP contribution < -0.4 is 21.7 Å². The van der Waals surface area contributed by atoms with Crippen molar-refractivity contribution in [2.45, 2.75) is 24.7 Å². The number of halogens is 2. The summed E-state index contributed by atoms with van der Waals surface area (Å²) in [5.41, 5.74) is 7.78. The molecule has 1 fully saturated rings. The number of fused-ring (bicyclic) bond motifs is 3. The van der Waals surface area contributed by atoms with Crippen molar-refractivity contribution in [3.05, 3.63) is 66.3 Å². The molecule has 6 rings (SSSR count). The molecule has 35 heavy (non-hydrogen) atoms. The smallest absolute Gasteiger partial charge is 0.223 e. The standard InChI is InChI=1S/C25H23F2N7O/c26-17-8-5-13(10-18(17)27)12-3-6-16(7-4-12)31-25-33-23-21(29-11-30-23)24(34-25)32-20-15-2-1-14(9-15)19(20)22(28)35/h1-8,10-11,14-15,19-21,23H,9H2,(H2,28,35)(H,29,30)(H2,31,32,33,34). The van der Waals surface area contributed by atoms with Gasteiger partial charge in [-0.3, -0.25) is 9.79 Å². The van der Waals surface area contributed by atoms with Crippen molar-refractivity contribution in [2.24, 2.45) is 38.5 Å². The maximum Gasteiger partial charge on any atom is 0.223 e. The molecule has 2 aromatic carbocycles. The van der Waals surface area contributed by atoms with Gasteiger partial charge < -0.3 is 21.7 Å². The van der Waals surface area contributed by atoms with Gasteiger partial charge >= 0.3 is 0 Å². The zero-order valence-corrected chi connectivity index (χ0v) is 18.5. The number of rotatable bonds is 4. The largest absolute Gasteiger partial charge is 0.369 e. The fraction of sp³-hybridized carbons (Fsp3) is 0.280. The second-order valence-corrected chi connectivity index (χ2v) is 9.15. The van der Waals surface area contributed by atoms with Crippen LogP contribution in [-0.2, 0) is 4.79 Å². The molecule has 4 aliphatic rings. The number of benzene rings is 2. The maximum atomic E-state index is 13.6. The lowest BCUT2D eigenvalue weighted by molar-refractivity contribution is -0.122. The van der Waals surface area contributed by atoms with Crippen molar-refractivity contribution >= 4 is 29.7 Å². The average molecular weight is 476 g/mol. The highest BCUT2D eigenvalue weighted by molar-refractivity contribution is 6.10. The topological polar surface area (TPSA) is 116 Å². The zero-order chi connectivity index (χ0) is 24.1. The fourth-order valence-electron chi connectivity index (χ4n) is 5.31. The van der Waals surface area contributed by atoms with Gasteiger partial charge in [-0.1, -0.05) is 30.4 Å². The quantitative estimate of drug-likeness (QED) is 0.508. The Labute approximate surface area is 200 Å². The predicted molar refractivity (Wildman–Crippen MR) is 130 cm³/mol. The number of amides is 1. The first-order valence-corrected chi connectivity index (χ1v) is 11.5. The monoisotopic (exact) mass is 475 g/mol. The molecule has 0 saturated heterocycles. The minimum atomic E-state index is -0.887. The summed E-state index contributed by atoms with van der Waals surface area (Å²) in [6.45, 7) is 0. The molecule has 8 nitrogen and oxygen atoms in total. The summed E-state index contributed by atoms with van der Waals surface area (Å²) < 4.78 is 26.8. The molecule has 6 atom stereocenters. The number of nitrogens with one attached hydrogen (secondary N) is 3. The molecule has 2 aliphatic carbocycles. The Kier molecular flexibility index (Phi) is 5.09. The van der Waals surface area contributed by atoms with E-state index in [2.05, 4.69) is 38.1 Å². The Morgan fingerprint density at radius 3 is 2.60 bits per heavy atom. The predicted octanol–water partition coefficient (Wildman–Crippen LogP) is 2.40. The number of nitrogens with two attached hydrogens (primary N) is 1. The molecule has 5 N–H and O–H groups in total. The highest BCUT2D eigenvalue weighted by atomic mass is 19.2. The van der Waals surface area contributed by atoms with Crippen LogP contribution in [-0.4, -0.2) is 42.3 Å². The van der Waals surface area contributed by atoms with E-state index in [4.69, 9.17) is 10.7 Å². The summed E-state index contributed by atoms with van der Waals surface area (Å²) in [4.78, 5) is 26.1.